The fourth-order valence-corrected chi connectivity index (χ4v) is 5.01. The van der Waals surface area contributed by atoms with Gasteiger partial charge in [-0.25, -0.2) is 13.1 Å². The molecule has 0 bridgehead atoms. The van der Waals surface area contributed by atoms with E-state index in [0.717, 1.165) is 32.2 Å². The molecule has 4 aliphatic rings. The molecule has 2 aliphatic carbocycles. The van der Waals surface area contributed by atoms with Crippen LogP contribution >= 0.6 is 0 Å². The van der Waals surface area contributed by atoms with Crippen LogP contribution in [0.3, 0.4) is 0 Å². The molecular weight excluding hydrogens is 356 g/mol. The third-order valence-corrected chi connectivity index (χ3v) is 6.62. The molecule has 8 nitrogen and oxygen atoms in total. The van der Waals surface area contributed by atoms with E-state index in [1.807, 2.05) is 4.90 Å². The lowest BCUT2D eigenvalue weighted by Gasteiger charge is -2.43. The van der Waals surface area contributed by atoms with Crippen LogP contribution in [0.25, 0.3) is 0 Å². The summed E-state index contributed by atoms with van der Waals surface area (Å²) >= 11 is 0. The molecule has 4 fully saturated rings. The summed E-state index contributed by atoms with van der Waals surface area (Å²) in [4.78, 5) is 29.1. The summed E-state index contributed by atoms with van der Waals surface area (Å²) in [6, 6.07) is -0.496. The van der Waals surface area contributed by atoms with Crippen molar-refractivity contribution >= 4 is 21.8 Å². The predicted molar refractivity (Wildman–Crippen MR) is 95.7 cm³/mol. The summed E-state index contributed by atoms with van der Waals surface area (Å²) < 4.78 is 25.7. The Morgan fingerprint density at radius 1 is 1.19 bits per heavy atom. The van der Waals surface area contributed by atoms with Crippen molar-refractivity contribution in [1.82, 2.24) is 19.8 Å². The van der Waals surface area contributed by atoms with Gasteiger partial charge in [0.25, 0.3) is 0 Å². The van der Waals surface area contributed by atoms with Gasteiger partial charge in [-0.05, 0) is 38.0 Å². The summed E-state index contributed by atoms with van der Waals surface area (Å²) in [6.07, 6.45) is 6.12. The molecule has 4 rings (SSSR count). The molecule has 3 atom stereocenters. The maximum atomic E-state index is 13.1. The Bertz CT molecular complexity index is 689. The molecular formula is C17H28N4O4S. The number of fused-ring (bicyclic) bond motifs is 1. The third kappa shape index (κ3) is 4.20. The predicted octanol–water partition coefficient (Wildman–Crippen LogP) is -0.874. The molecule has 2 N–H and O–H groups in total. The van der Waals surface area contributed by atoms with Crippen LogP contribution in [0.15, 0.2) is 0 Å². The van der Waals surface area contributed by atoms with Gasteiger partial charge in [0.1, 0.15) is 6.04 Å². The first-order chi connectivity index (χ1) is 12.3. The van der Waals surface area contributed by atoms with Crippen molar-refractivity contribution in [3.05, 3.63) is 0 Å². The van der Waals surface area contributed by atoms with Crippen LogP contribution in [0.1, 0.15) is 32.1 Å². The molecule has 2 amide bonds. The molecule has 2 aliphatic heterocycles. The normalized spacial score (nSPS) is 32.6. The van der Waals surface area contributed by atoms with Crippen LogP contribution < -0.4 is 10.0 Å². The summed E-state index contributed by atoms with van der Waals surface area (Å²) in [5, 5.41) is 2.96. The standard InChI is InChI=1S/C17H28N4O4S/c1-26(24,25)19-13-6-14-10-20(8-11-2-3-11)15(17(23)21(14)9-13)7-18-16(22)12-4-5-12/h11-15,19H,2-10H2,1H3,(H,18,22)/t13-,14-,15-/m0/s1. The summed E-state index contributed by atoms with van der Waals surface area (Å²) in [7, 11) is -3.29. The lowest BCUT2D eigenvalue weighted by Crippen LogP contribution is -2.63. The number of sulfonamides is 1. The zero-order chi connectivity index (χ0) is 18.5. The first-order valence-corrected chi connectivity index (χ1v) is 11.5. The van der Waals surface area contributed by atoms with Gasteiger partial charge in [-0.15, -0.1) is 0 Å². The summed E-state index contributed by atoms with van der Waals surface area (Å²) in [6.45, 7) is 2.42. The Kier molecular flexibility index (Phi) is 4.73. The second-order valence-electron chi connectivity index (χ2n) is 8.40. The maximum Gasteiger partial charge on any atom is 0.242 e. The van der Waals surface area contributed by atoms with Crippen molar-refractivity contribution in [1.29, 1.82) is 0 Å². The highest BCUT2D eigenvalue weighted by Gasteiger charge is 2.47. The van der Waals surface area contributed by atoms with E-state index in [4.69, 9.17) is 0 Å². The van der Waals surface area contributed by atoms with Gasteiger partial charge in [0.2, 0.25) is 21.8 Å². The number of rotatable bonds is 7. The van der Waals surface area contributed by atoms with Crippen LogP contribution in [0, 0.1) is 11.8 Å². The fraction of sp³-hybridized carbons (Fsp3) is 0.882. The van der Waals surface area contributed by atoms with Gasteiger partial charge in [0.05, 0.1) is 6.26 Å². The van der Waals surface area contributed by atoms with Crippen LogP contribution in [-0.2, 0) is 19.6 Å². The average molecular weight is 385 g/mol. The second kappa shape index (κ2) is 6.76. The van der Waals surface area contributed by atoms with Crippen molar-refractivity contribution in [3.8, 4) is 0 Å². The number of carbonyl (C=O) groups is 2. The van der Waals surface area contributed by atoms with Gasteiger partial charge in [0, 0.05) is 44.2 Å². The van der Waals surface area contributed by atoms with E-state index in [2.05, 4.69) is 14.9 Å². The number of amides is 2. The molecule has 0 aromatic rings. The van der Waals surface area contributed by atoms with Crippen LogP contribution in [-0.4, -0.2) is 80.6 Å². The number of hydrogen-bond donors (Lipinski definition) is 2. The van der Waals surface area contributed by atoms with Crippen LogP contribution in [0.2, 0.25) is 0 Å². The minimum absolute atomic E-state index is 0.0239. The fourth-order valence-electron chi connectivity index (χ4n) is 4.23. The second-order valence-corrected chi connectivity index (χ2v) is 10.2. The van der Waals surface area contributed by atoms with E-state index in [0.29, 0.717) is 25.4 Å². The highest BCUT2D eigenvalue weighted by atomic mass is 32.2. The number of nitrogens with one attached hydrogen (secondary N) is 2. The van der Waals surface area contributed by atoms with Gasteiger partial charge in [0.15, 0.2) is 0 Å². The lowest BCUT2D eigenvalue weighted by atomic mass is 10.0. The van der Waals surface area contributed by atoms with Crippen LogP contribution in [0.4, 0.5) is 0 Å². The first-order valence-electron chi connectivity index (χ1n) is 9.59. The zero-order valence-corrected chi connectivity index (χ0v) is 16.0. The van der Waals surface area contributed by atoms with Crippen molar-refractivity contribution in [2.75, 3.05) is 32.4 Å². The topological polar surface area (TPSA) is 98.8 Å². The monoisotopic (exact) mass is 384 g/mol. The molecule has 0 aromatic heterocycles. The molecule has 0 unspecified atom stereocenters. The molecule has 2 saturated carbocycles. The Morgan fingerprint density at radius 2 is 1.92 bits per heavy atom. The van der Waals surface area contributed by atoms with E-state index >= 15 is 0 Å². The van der Waals surface area contributed by atoms with E-state index < -0.39 is 10.0 Å². The SMILES string of the molecule is CS(=O)(=O)N[C@H]1C[C@H]2CN(CC3CC3)[C@@H](CNC(=O)C3CC3)C(=O)N2C1. The molecule has 2 heterocycles. The van der Waals surface area contributed by atoms with E-state index in [1.54, 1.807) is 0 Å². The molecule has 9 heteroatoms. The summed E-state index contributed by atoms with van der Waals surface area (Å²) in [5.74, 6) is 0.871. The highest BCUT2D eigenvalue weighted by molar-refractivity contribution is 7.88. The molecule has 0 spiro atoms. The molecule has 146 valence electrons. The van der Waals surface area contributed by atoms with E-state index in [1.165, 1.54) is 12.8 Å². The average Bonchev–Trinajstić information content (AvgIpc) is 3.44. The summed E-state index contributed by atoms with van der Waals surface area (Å²) in [5.41, 5.74) is 0. The van der Waals surface area contributed by atoms with Gasteiger partial charge >= 0.3 is 0 Å². The van der Waals surface area contributed by atoms with E-state index in [-0.39, 0.29) is 35.9 Å². The zero-order valence-electron chi connectivity index (χ0n) is 15.2. The largest absolute Gasteiger partial charge is 0.354 e. The Hall–Kier alpha value is -1.19. The van der Waals surface area contributed by atoms with Crippen molar-refractivity contribution in [3.63, 3.8) is 0 Å². The Labute approximate surface area is 154 Å². The quantitative estimate of drug-likeness (QED) is 0.594. The number of hydrogen-bond acceptors (Lipinski definition) is 5. The minimum atomic E-state index is -3.29. The lowest BCUT2D eigenvalue weighted by molar-refractivity contribution is -0.144. The van der Waals surface area contributed by atoms with Gasteiger partial charge in [-0.2, -0.15) is 0 Å². The van der Waals surface area contributed by atoms with Crippen LogP contribution in [0.5, 0.6) is 0 Å². The van der Waals surface area contributed by atoms with Gasteiger partial charge in [-0.1, -0.05) is 0 Å². The first kappa shape index (κ1) is 18.2. The van der Waals surface area contributed by atoms with E-state index in [9.17, 15) is 18.0 Å². The number of carbonyl (C=O) groups excluding carboxylic acids is 2. The van der Waals surface area contributed by atoms with Crippen molar-refractivity contribution in [2.24, 2.45) is 11.8 Å². The van der Waals surface area contributed by atoms with Crippen molar-refractivity contribution < 1.29 is 18.0 Å². The minimum Gasteiger partial charge on any atom is -0.354 e. The van der Waals surface area contributed by atoms with Gasteiger partial charge in [-0.3, -0.25) is 14.5 Å². The Balaban J connectivity index is 1.43. The number of piperazine rings is 1. The van der Waals surface area contributed by atoms with Gasteiger partial charge < -0.3 is 10.2 Å². The smallest absolute Gasteiger partial charge is 0.242 e. The van der Waals surface area contributed by atoms with Crippen molar-refractivity contribution in [2.45, 2.75) is 50.2 Å². The molecule has 26 heavy (non-hydrogen) atoms. The third-order valence-electron chi connectivity index (χ3n) is 5.86. The molecule has 0 radical (unpaired) electrons. The molecule has 0 aromatic carbocycles. The highest BCUT2D eigenvalue weighted by Crippen LogP contribution is 2.34. The molecule has 2 saturated heterocycles. The maximum absolute atomic E-state index is 13.1. The Morgan fingerprint density at radius 3 is 2.54 bits per heavy atom. The number of nitrogens with zero attached hydrogens (tertiary/aromatic N) is 2.